The number of hydrogen-bond donors (Lipinski definition) is 2. The van der Waals surface area contributed by atoms with Gasteiger partial charge in [0.1, 0.15) is 5.75 Å². The van der Waals surface area contributed by atoms with E-state index in [1.54, 1.807) is 12.1 Å². The molecule has 104 valence electrons. The maximum Gasteiger partial charge on any atom is 0.258 e. The monoisotopic (exact) mass is 288 g/mol. The molecule has 5 heteroatoms. The van der Waals surface area contributed by atoms with Crippen molar-refractivity contribution in [3.05, 3.63) is 42.0 Å². The van der Waals surface area contributed by atoms with E-state index in [4.69, 9.17) is 18.0 Å². The smallest absolute Gasteiger partial charge is 0.258 e. The number of likely N-dealkylation sites (N-methyl/N-ethyl adjacent to an activating group) is 1. The molecule has 0 aliphatic heterocycles. The number of aromatic hydroxyl groups is 1. The summed E-state index contributed by atoms with van der Waals surface area (Å²) in [5.41, 5.74) is 5.75. The van der Waals surface area contributed by atoms with Crippen LogP contribution in [0.1, 0.15) is 17.3 Å². The van der Waals surface area contributed by atoms with Crippen molar-refractivity contribution >= 4 is 33.9 Å². The fourth-order valence-corrected chi connectivity index (χ4v) is 2.27. The van der Waals surface area contributed by atoms with E-state index in [1.807, 2.05) is 31.2 Å². The molecule has 0 radical (unpaired) electrons. The Hall–Kier alpha value is -2.14. The van der Waals surface area contributed by atoms with Crippen molar-refractivity contribution in [3.63, 3.8) is 0 Å². The lowest BCUT2D eigenvalue weighted by Gasteiger charge is -2.21. The Morgan fingerprint density at radius 2 is 2.00 bits per heavy atom. The summed E-state index contributed by atoms with van der Waals surface area (Å²) in [7, 11) is 0. The summed E-state index contributed by atoms with van der Waals surface area (Å²) in [5.74, 6) is -0.280. The minimum Gasteiger partial charge on any atom is -0.506 e. The zero-order valence-electron chi connectivity index (χ0n) is 11.2. The number of phenols is 1. The number of fused-ring (bicyclic) bond motifs is 1. The van der Waals surface area contributed by atoms with Crippen LogP contribution >= 0.6 is 12.2 Å². The Balaban J connectivity index is 2.44. The molecule has 2 aromatic rings. The first-order valence-electron chi connectivity index (χ1n) is 6.33. The van der Waals surface area contributed by atoms with E-state index in [1.165, 1.54) is 4.90 Å². The molecular weight excluding hydrogens is 272 g/mol. The summed E-state index contributed by atoms with van der Waals surface area (Å²) in [6.45, 7) is 2.52. The average molecular weight is 288 g/mol. The predicted molar refractivity (Wildman–Crippen MR) is 84.0 cm³/mol. The van der Waals surface area contributed by atoms with Crippen molar-refractivity contribution in [2.24, 2.45) is 5.73 Å². The van der Waals surface area contributed by atoms with Crippen LogP contribution in [-0.4, -0.2) is 34.0 Å². The molecule has 0 spiro atoms. The average Bonchev–Trinajstić information content (AvgIpc) is 2.44. The molecule has 0 aromatic heterocycles. The van der Waals surface area contributed by atoms with Crippen molar-refractivity contribution in [1.29, 1.82) is 0 Å². The zero-order chi connectivity index (χ0) is 14.7. The topological polar surface area (TPSA) is 66.6 Å². The van der Waals surface area contributed by atoms with E-state index in [9.17, 15) is 9.90 Å². The van der Waals surface area contributed by atoms with Gasteiger partial charge in [-0.1, -0.05) is 42.5 Å². The van der Waals surface area contributed by atoms with E-state index >= 15 is 0 Å². The second-order valence-corrected chi connectivity index (χ2v) is 4.99. The maximum absolute atomic E-state index is 12.4. The van der Waals surface area contributed by atoms with Gasteiger partial charge < -0.3 is 15.7 Å². The fourth-order valence-electron chi connectivity index (χ4n) is 2.11. The molecule has 0 saturated heterocycles. The third-order valence-corrected chi connectivity index (χ3v) is 3.28. The van der Waals surface area contributed by atoms with Gasteiger partial charge in [0.2, 0.25) is 0 Å². The summed E-state index contributed by atoms with van der Waals surface area (Å²) in [6.07, 6.45) is 0. The lowest BCUT2D eigenvalue weighted by molar-refractivity contribution is 0.0785. The normalized spacial score (nSPS) is 10.4. The Labute approximate surface area is 122 Å². The van der Waals surface area contributed by atoms with Crippen LogP contribution < -0.4 is 5.73 Å². The first-order valence-corrected chi connectivity index (χ1v) is 6.73. The van der Waals surface area contributed by atoms with E-state index in [2.05, 4.69) is 0 Å². The van der Waals surface area contributed by atoms with Gasteiger partial charge >= 0.3 is 0 Å². The van der Waals surface area contributed by atoms with E-state index in [0.29, 0.717) is 11.9 Å². The third kappa shape index (κ3) is 2.72. The second-order valence-electron chi connectivity index (χ2n) is 4.47. The minimum absolute atomic E-state index is 0.00510. The Bertz CT molecular complexity index is 670. The number of nitrogens with two attached hydrogens (primary N) is 1. The zero-order valence-corrected chi connectivity index (χ0v) is 12.0. The Morgan fingerprint density at radius 3 is 2.65 bits per heavy atom. The van der Waals surface area contributed by atoms with Crippen LogP contribution in [-0.2, 0) is 0 Å². The molecule has 1 amide bonds. The number of carbonyl (C=O) groups excluding carboxylic acids is 1. The highest BCUT2D eigenvalue weighted by Gasteiger charge is 2.19. The molecule has 3 N–H and O–H groups in total. The van der Waals surface area contributed by atoms with Crippen LogP contribution in [0.15, 0.2) is 36.4 Å². The highest BCUT2D eigenvalue weighted by Crippen LogP contribution is 2.29. The van der Waals surface area contributed by atoms with Crippen LogP contribution in [0.3, 0.4) is 0 Å². The molecule has 0 saturated carbocycles. The van der Waals surface area contributed by atoms with Crippen molar-refractivity contribution in [2.75, 3.05) is 13.1 Å². The van der Waals surface area contributed by atoms with Crippen molar-refractivity contribution < 1.29 is 9.90 Å². The van der Waals surface area contributed by atoms with E-state index in [0.717, 1.165) is 5.39 Å². The standard InChI is InChI=1S/C15H16N2O2S/c1-2-17(9-13(16)20)15(19)12-8-7-10-5-3-4-6-11(10)14(12)18/h3-8,18H,2,9H2,1H3,(H2,16,20). The van der Waals surface area contributed by atoms with Gasteiger partial charge in [-0.3, -0.25) is 4.79 Å². The minimum atomic E-state index is -0.274. The van der Waals surface area contributed by atoms with Gasteiger partial charge in [-0.15, -0.1) is 0 Å². The predicted octanol–water partition coefficient (Wildman–Crippen LogP) is 2.29. The van der Waals surface area contributed by atoms with Gasteiger partial charge in [-0.25, -0.2) is 0 Å². The van der Waals surface area contributed by atoms with Crippen molar-refractivity contribution in [2.45, 2.75) is 6.92 Å². The Morgan fingerprint density at radius 1 is 1.30 bits per heavy atom. The van der Waals surface area contributed by atoms with Crippen molar-refractivity contribution in [1.82, 2.24) is 4.90 Å². The summed E-state index contributed by atoms with van der Waals surface area (Å²) in [6, 6.07) is 10.8. The molecule has 4 nitrogen and oxygen atoms in total. The lowest BCUT2D eigenvalue weighted by Crippen LogP contribution is -2.37. The summed E-state index contributed by atoms with van der Waals surface area (Å²) >= 11 is 4.84. The molecule has 0 aliphatic carbocycles. The highest BCUT2D eigenvalue weighted by atomic mass is 32.1. The Kier molecular flexibility index (Phi) is 4.20. The number of carbonyl (C=O) groups is 1. The number of rotatable bonds is 4. The van der Waals surface area contributed by atoms with Crippen LogP contribution in [0, 0.1) is 0 Å². The molecule has 0 fully saturated rings. The van der Waals surface area contributed by atoms with Gasteiger partial charge in [0, 0.05) is 11.9 Å². The number of amides is 1. The lowest BCUT2D eigenvalue weighted by atomic mass is 10.0. The number of nitrogens with zero attached hydrogens (tertiary/aromatic N) is 1. The summed E-state index contributed by atoms with van der Waals surface area (Å²) < 4.78 is 0. The van der Waals surface area contributed by atoms with Crippen LogP contribution in [0.5, 0.6) is 5.75 Å². The second kappa shape index (κ2) is 5.88. The molecular formula is C15H16N2O2S. The van der Waals surface area contributed by atoms with Gasteiger partial charge in [0.25, 0.3) is 5.91 Å². The number of benzene rings is 2. The van der Waals surface area contributed by atoms with E-state index < -0.39 is 0 Å². The SMILES string of the molecule is CCN(CC(N)=S)C(=O)c1ccc2ccccc2c1O. The number of hydrogen-bond acceptors (Lipinski definition) is 3. The first kappa shape index (κ1) is 14.3. The van der Waals surface area contributed by atoms with Gasteiger partial charge in [-0.05, 0) is 18.4 Å². The highest BCUT2D eigenvalue weighted by molar-refractivity contribution is 7.80. The molecule has 0 heterocycles. The van der Waals surface area contributed by atoms with Crippen molar-refractivity contribution in [3.8, 4) is 5.75 Å². The molecule has 0 bridgehead atoms. The summed E-state index contributed by atoms with van der Waals surface area (Å²) in [4.78, 5) is 14.2. The first-order chi connectivity index (χ1) is 9.54. The molecule has 0 atom stereocenters. The molecule has 2 aromatic carbocycles. The molecule has 20 heavy (non-hydrogen) atoms. The quantitative estimate of drug-likeness (QED) is 0.847. The van der Waals surface area contributed by atoms with Crippen LogP contribution in [0.25, 0.3) is 10.8 Å². The van der Waals surface area contributed by atoms with E-state index in [-0.39, 0.29) is 28.8 Å². The summed E-state index contributed by atoms with van der Waals surface area (Å²) in [5, 5.41) is 11.8. The van der Waals surface area contributed by atoms with Crippen LogP contribution in [0.2, 0.25) is 0 Å². The largest absolute Gasteiger partial charge is 0.506 e. The molecule has 0 aliphatic rings. The maximum atomic E-state index is 12.4. The fraction of sp³-hybridized carbons (Fsp3) is 0.200. The number of thiocarbonyl (C=S) groups is 1. The van der Waals surface area contributed by atoms with Crippen LogP contribution in [0.4, 0.5) is 0 Å². The number of phenolic OH excluding ortho intramolecular Hbond substituents is 1. The van der Waals surface area contributed by atoms with Gasteiger partial charge in [0.05, 0.1) is 17.1 Å². The van der Waals surface area contributed by atoms with Gasteiger partial charge in [-0.2, -0.15) is 0 Å². The molecule has 2 rings (SSSR count). The molecule has 0 unspecified atom stereocenters. The third-order valence-electron chi connectivity index (χ3n) is 3.15. The van der Waals surface area contributed by atoms with Gasteiger partial charge in [0.15, 0.2) is 0 Å².